The molecule has 0 saturated heterocycles. The minimum Gasteiger partial charge on any atom is -0.496 e. The number of ether oxygens (including phenoxy) is 1. The van der Waals surface area contributed by atoms with E-state index in [1.54, 1.807) is 12.1 Å². The lowest BCUT2D eigenvalue weighted by atomic mass is 10.1. The molecule has 3 rings (SSSR count). The lowest BCUT2D eigenvalue weighted by Crippen LogP contribution is -2.14. The van der Waals surface area contributed by atoms with Crippen LogP contribution in [0.25, 0.3) is 10.8 Å². The van der Waals surface area contributed by atoms with Crippen molar-refractivity contribution in [1.29, 1.82) is 0 Å². The maximum absolute atomic E-state index is 12.6. The van der Waals surface area contributed by atoms with E-state index in [4.69, 9.17) is 9.88 Å². The third-order valence-electron chi connectivity index (χ3n) is 3.75. The van der Waals surface area contributed by atoms with E-state index in [0.717, 1.165) is 10.8 Å². The zero-order chi connectivity index (χ0) is 18.0. The van der Waals surface area contributed by atoms with Gasteiger partial charge in [0.15, 0.2) is 0 Å². The van der Waals surface area contributed by atoms with Gasteiger partial charge in [-0.05, 0) is 47.2 Å². The topological polar surface area (TPSA) is 98.5 Å². The third kappa shape index (κ3) is 3.62. The second kappa shape index (κ2) is 6.54. The van der Waals surface area contributed by atoms with E-state index in [1.807, 2.05) is 24.3 Å². The first kappa shape index (κ1) is 16.9. The number of nitrogens with two attached hydrogens (primary N) is 1. The molecule has 0 fully saturated rings. The molecule has 0 atom stereocenters. The van der Waals surface area contributed by atoms with Crippen molar-refractivity contribution >= 4 is 32.4 Å². The molecule has 0 unspecified atom stereocenters. The van der Waals surface area contributed by atoms with Gasteiger partial charge in [0.25, 0.3) is 5.91 Å². The molecule has 3 aromatic carbocycles. The number of hydrogen-bond donors (Lipinski definition) is 2. The highest BCUT2D eigenvalue weighted by Gasteiger charge is 2.14. The lowest BCUT2D eigenvalue weighted by molar-refractivity contribution is 0.102. The Bertz CT molecular complexity index is 1040. The zero-order valence-corrected chi connectivity index (χ0v) is 14.2. The molecule has 3 N–H and O–H groups in total. The Hall–Kier alpha value is -2.90. The van der Waals surface area contributed by atoms with E-state index in [9.17, 15) is 13.2 Å². The fraction of sp³-hybridized carbons (Fsp3) is 0.0556. The summed E-state index contributed by atoms with van der Waals surface area (Å²) in [6.45, 7) is 0. The van der Waals surface area contributed by atoms with Crippen LogP contribution < -0.4 is 15.2 Å². The number of carbonyl (C=O) groups is 1. The summed E-state index contributed by atoms with van der Waals surface area (Å²) in [5, 5.41) is 9.66. The predicted octanol–water partition coefficient (Wildman–Crippen LogP) is 2.75. The molecule has 7 heteroatoms. The maximum Gasteiger partial charge on any atom is 0.259 e. The fourth-order valence-corrected chi connectivity index (χ4v) is 3.01. The molecule has 0 aliphatic rings. The van der Waals surface area contributed by atoms with Crippen molar-refractivity contribution in [2.24, 2.45) is 5.14 Å². The molecule has 3 aromatic rings. The van der Waals surface area contributed by atoms with Crippen LogP contribution in [0.2, 0.25) is 0 Å². The molecular formula is C18H16N2O4S. The van der Waals surface area contributed by atoms with E-state index >= 15 is 0 Å². The molecule has 0 radical (unpaired) electrons. The molecule has 0 aromatic heterocycles. The summed E-state index contributed by atoms with van der Waals surface area (Å²) in [4.78, 5) is 12.6. The van der Waals surface area contributed by atoms with Gasteiger partial charge in [-0.3, -0.25) is 4.79 Å². The Balaban J connectivity index is 1.91. The third-order valence-corrected chi connectivity index (χ3v) is 4.68. The van der Waals surface area contributed by atoms with Gasteiger partial charge in [0.05, 0.1) is 17.6 Å². The van der Waals surface area contributed by atoms with Crippen molar-refractivity contribution in [3.8, 4) is 5.75 Å². The first-order chi connectivity index (χ1) is 11.9. The molecule has 128 valence electrons. The molecule has 1 amide bonds. The molecule has 25 heavy (non-hydrogen) atoms. The van der Waals surface area contributed by atoms with Crippen LogP contribution in [0, 0.1) is 0 Å². The molecule has 0 aliphatic heterocycles. The average molecular weight is 356 g/mol. The second-order valence-corrected chi connectivity index (χ2v) is 6.98. The molecule has 0 heterocycles. The Morgan fingerprint density at radius 2 is 1.60 bits per heavy atom. The van der Waals surface area contributed by atoms with Crippen LogP contribution in [-0.4, -0.2) is 21.4 Å². The smallest absolute Gasteiger partial charge is 0.259 e. The Morgan fingerprint density at radius 3 is 2.16 bits per heavy atom. The average Bonchev–Trinajstić information content (AvgIpc) is 2.60. The number of carbonyl (C=O) groups excluding carboxylic acids is 1. The minimum absolute atomic E-state index is 0.0196. The SMILES string of the molecule is COc1cc2ccccc2cc1C(=O)Nc1ccc(S(N)(=O)=O)cc1. The summed E-state index contributed by atoms with van der Waals surface area (Å²) < 4.78 is 27.9. The Morgan fingerprint density at radius 1 is 1.00 bits per heavy atom. The highest BCUT2D eigenvalue weighted by Crippen LogP contribution is 2.27. The number of nitrogens with one attached hydrogen (secondary N) is 1. The van der Waals surface area contributed by atoms with Crippen LogP contribution in [0.4, 0.5) is 5.69 Å². The van der Waals surface area contributed by atoms with Gasteiger partial charge in [0.2, 0.25) is 10.0 Å². The first-order valence-corrected chi connectivity index (χ1v) is 8.94. The summed E-state index contributed by atoms with van der Waals surface area (Å²) >= 11 is 0. The van der Waals surface area contributed by atoms with Crippen LogP contribution in [0.1, 0.15) is 10.4 Å². The van der Waals surface area contributed by atoms with Gasteiger partial charge in [-0.15, -0.1) is 0 Å². The second-order valence-electron chi connectivity index (χ2n) is 5.42. The van der Waals surface area contributed by atoms with Crippen molar-refractivity contribution in [2.75, 3.05) is 12.4 Å². The molecule has 0 saturated carbocycles. The van der Waals surface area contributed by atoms with Gasteiger partial charge in [-0.1, -0.05) is 24.3 Å². The van der Waals surface area contributed by atoms with Gasteiger partial charge in [0, 0.05) is 5.69 Å². The van der Waals surface area contributed by atoms with Crippen LogP contribution in [-0.2, 0) is 10.0 Å². The highest BCUT2D eigenvalue weighted by atomic mass is 32.2. The summed E-state index contributed by atoms with van der Waals surface area (Å²) in [6, 6.07) is 16.8. The zero-order valence-electron chi connectivity index (χ0n) is 13.4. The summed E-state index contributed by atoms with van der Waals surface area (Å²) in [6.07, 6.45) is 0. The monoisotopic (exact) mass is 356 g/mol. The summed E-state index contributed by atoms with van der Waals surface area (Å²) in [7, 11) is -2.27. The lowest BCUT2D eigenvalue weighted by Gasteiger charge is -2.11. The number of amides is 1. The molecule has 0 aliphatic carbocycles. The van der Waals surface area contributed by atoms with Gasteiger partial charge < -0.3 is 10.1 Å². The van der Waals surface area contributed by atoms with E-state index in [0.29, 0.717) is 17.0 Å². The first-order valence-electron chi connectivity index (χ1n) is 7.39. The van der Waals surface area contributed by atoms with E-state index < -0.39 is 10.0 Å². The van der Waals surface area contributed by atoms with Crippen molar-refractivity contribution < 1.29 is 17.9 Å². The van der Waals surface area contributed by atoms with Crippen LogP contribution in [0.5, 0.6) is 5.75 Å². The van der Waals surface area contributed by atoms with E-state index in [-0.39, 0.29) is 10.8 Å². The van der Waals surface area contributed by atoms with Gasteiger partial charge >= 0.3 is 0 Å². The summed E-state index contributed by atoms with van der Waals surface area (Å²) in [5.74, 6) is 0.100. The normalized spacial score (nSPS) is 11.3. The van der Waals surface area contributed by atoms with Crippen molar-refractivity contribution in [2.45, 2.75) is 4.90 Å². The van der Waals surface area contributed by atoms with Crippen molar-refractivity contribution in [3.05, 3.63) is 66.2 Å². The Kier molecular flexibility index (Phi) is 4.43. The van der Waals surface area contributed by atoms with Crippen molar-refractivity contribution in [3.63, 3.8) is 0 Å². The van der Waals surface area contributed by atoms with Crippen LogP contribution in [0.15, 0.2) is 65.6 Å². The standard InChI is InChI=1S/C18H16N2O4S/c1-24-17-11-13-5-3-2-4-12(13)10-16(17)18(21)20-14-6-8-15(9-7-14)25(19,22)23/h2-11H,1H3,(H,20,21)(H2,19,22,23). The molecular weight excluding hydrogens is 340 g/mol. The molecule has 6 nitrogen and oxygen atoms in total. The largest absolute Gasteiger partial charge is 0.496 e. The van der Waals surface area contributed by atoms with Crippen molar-refractivity contribution in [1.82, 2.24) is 0 Å². The number of anilines is 1. The van der Waals surface area contributed by atoms with Crippen LogP contribution >= 0.6 is 0 Å². The van der Waals surface area contributed by atoms with Crippen LogP contribution in [0.3, 0.4) is 0 Å². The highest BCUT2D eigenvalue weighted by molar-refractivity contribution is 7.89. The van der Waals surface area contributed by atoms with E-state index in [1.165, 1.54) is 31.4 Å². The fourth-order valence-electron chi connectivity index (χ4n) is 2.49. The van der Waals surface area contributed by atoms with Gasteiger partial charge in [0.1, 0.15) is 5.75 Å². The van der Waals surface area contributed by atoms with E-state index in [2.05, 4.69) is 5.32 Å². The Labute approximate surface area is 145 Å². The number of fused-ring (bicyclic) bond motifs is 1. The maximum atomic E-state index is 12.6. The molecule has 0 bridgehead atoms. The summed E-state index contributed by atoms with van der Waals surface area (Å²) in [5.41, 5.74) is 0.837. The molecule has 0 spiro atoms. The minimum atomic E-state index is -3.77. The number of primary sulfonamides is 1. The quantitative estimate of drug-likeness (QED) is 0.751. The van der Waals surface area contributed by atoms with Gasteiger partial charge in [-0.25, -0.2) is 13.6 Å². The number of benzene rings is 3. The number of sulfonamides is 1. The van der Waals surface area contributed by atoms with Gasteiger partial charge in [-0.2, -0.15) is 0 Å². The number of methoxy groups -OCH3 is 1. The predicted molar refractivity (Wildman–Crippen MR) is 96.3 cm³/mol. The number of hydrogen-bond acceptors (Lipinski definition) is 4. The number of rotatable bonds is 4.